The molecule has 0 heterocycles. The second kappa shape index (κ2) is 15.3. The predicted molar refractivity (Wildman–Crippen MR) is 111 cm³/mol. The topological polar surface area (TPSA) is 26.3 Å². The number of carbonyl (C=O) groups excluding carboxylic acids is 1. The molecule has 0 bridgehead atoms. The molecule has 1 aromatic rings. The highest BCUT2D eigenvalue weighted by Crippen LogP contribution is 2.17. The minimum atomic E-state index is -0.422. The minimum absolute atomic E-state index is 0.174. The van der Waals surface area contributed by atoms with Crippen LogP contribution in [-0.4, -0.2) is 11.2 Å². The van der Waals surface area contributed by atoms with Crippen LogP contribution in [0.4, 0.5) is 0 Å². The highest BCUT2D eigenvalue weighted by Gasteiger charge is 2.16. The van der Waals surface area contributed by atoms with Crippen LogP contribution in [0.2, 0.25) is 0 Å². The van der Waals surface area contributed by atoms with Crippen molar-refractivity contribution < 1.29 is 9.53 Å². The Balaban J connectivity index is 1.99. The molecule has 1 atom stereocenters. The van der Waals surface area contributed by atoms with E-state index in [4.69, 9.17) is 4.74 Å². The molecular weight excluding hydrogens is 328 g/mol. The molecule has 0 N–H and O–H groups in total. The van der Waals surface area contributed by atoms with Crippen LogP contribution >= 0.6 is 12.6 Å². The van der Waals surface area contributed by atoms with Crippen molar-refractivity contribution in [1.29, 1.82) is 0 Å². The van der Waals surface area contributed by atoms with Gasteiger partial charge in [-0.1, -0.05) is 95.8 Å². The average molecular weight is 365 g/mol. The van der Waals surface area contributed by atoms with Crippen molar-refractivity contribution in [1.82, 2.24) is 0 Å². The molecule has 25 heavy (non-hydrogen) atoms. The summed E-state index contributed by atoms with van der Waals surface area (Å²) in [5.74, 6) is 0.744. The Labute approximate surface area is 160 Å². The lowest BCUT2D eigenvalue weighted by molar-refractivity contribution is -0.117. The number of thiol groups is 1. The van der Waals surface area contributed by atoms with E-state index >= 15 is 0 Å². The Hall–Kier alpha value is -0.960. The fraction of sp³-hybridized carbons (Fsp3) is 0.682. The van der Waals surface area contributed by atoms with E-state index in [0.717, 1.165) is 18.6 Å². The summed E-state index contributed by atoms with van der Waals surface area (Å²) < 4.78 is 5.75. The quantitative estimate of drug-likeness (QED) is 0.253. The Bertz CT molecular complexity index is 433. The molecule has 1 aromatic carbocycles. The van der Waals surface area contributed by atoms with Gasteiger partial charge in [0, 0.05) is 0 Å². The van der Waals surface area contributed by atoms with Crippen molar-refractivity contribution in [2.24, 2.45) is 0 Å². The number of rotatable bonds is 16. The molecule has 0 fully saturated rings. The van der Waals surface area contributed by atoms with Gasteiger partial charge in [0.2, 0.25) is 5.12 Å². The molecule has 0 aliphatic carbocycles. The van der Waals surface area contributed by atoms with E-state index in [0.29, 0.717) is 0 Å². The Morgan fingerprint density at radius 3 is 1.80 bits per heavy atom. The number of hydrogen-bond acceptors (Lipinski definition) is 2. The summed E-state index contributed by atoms with van der Waals surface area (Å²) in [4.78, 5) is 11.6. The first-order chi connectivity index (χ1) is 12.2. The fourth-order valence-electron chi connectivity index (χ4n) is 3.07. The summed E-state index contributed by atoms with van der Waals surface area (Å²) in [7, 11) is 0. The standard InChI is InChI=1S/C22H36O2S/c1-2-3-4-5-6-7-8-9-10-11-12-16-19-21(22(23)25)24-20-17-14-13-15-18-20/h13-15,17-18,21H,2-12,16,19H2,1H3,(H,23,25). The normalized spacial score (nSPS) is 12.1. The van der Waals surface area contributed by atoms with Crippen molar-refractivity contribution in [2.45, 2.75) is 96.5 Å². The molecule has 0 saturated carbocycles. The first kappa shape index (κ1) is 22.1. The second-order valence-electron chi connectivity index (χ2n) is 6.94. The summed E-state index contributed by atoms with van der Waals surface area (Å²) >= 11 is 3.97. The number of para-hydroxylation sites is 1. The van der Waals surface area contributed by atoms with Crippen molar-refractivity contribution in [3.05, 3.63) is 30.3 Å². The van der Waals surface area contributed by atoms with Crippen LogP contribution in [0.15, 0.2) is 30.3 Å². The first-order valence-corrected chi connectivity index (χ1v) is 10.6. The predicted octanol–water partition coefficient (Wildman–Crippen LogP) is 6.98. The van der Waals surface area contributed by atoms with E-state index in [1.807, 2.05) is 30.3 Å². The number of ether oxygens (including phenoxy) is 1. The van der Waals surface area contributed by atoms with Crippen molar-refractivity contribution in [3.63, 3.8) is 0 Å². The molecule has 0 spiro atoms. The van der Waals surface area contributed by atoms with Crippen LogP contribution in [0.1, 0.15) is 90.4 Å². The van der Waals surface area contributed by atoms with Crippen LogP contribution in [0.5, 0.6) is 5.75 Å². The lowest BCUT2D eigenvalue weighted by Crippen LogP contribution is -2.23. The number of hydrogen-bond donors (Lipinski definition) is 1. The summed E-state index contributed by atoms with van der Waals surface area (Å²) in [6.07, 6.45) is 16.2. The Morgan fingerprint density at radius 2 is 1.32 bits per heavy atom. The van der Waals surface area contributed by atoms with Gasteiger partial charge in [0.25, 0.3) is 0 Å². The SMILES string of the molecule is CCCCCCCCCCCCCCC(Oc1ccccc1)C(=O)S. The molecule has 2 nitrogen and oxygen atoms in total. The van der Waals surface area contributed by atoms with Crippen LogP contribution in [-0.2, 0) is 4.79 Å². The summed E-state index contributed by atoms with van der Waals surface area (Å²) in [5, 5.41) is -0.174. The summed E-state index contributed by atoms with van der Waals surface area (Å²) in [5.41, 5.74) is 0. The second-order valence-corrected chi connectivity index (χ2v) is 7.38. The van der Waals surface area contributed by atoms with Gasteiger partial charge in [0.05, 0.1) is 0 Å². The summed E-state index contributed by atoms with van der Waals surface area (Å²) in [6.45, 7) is 2.27. The van der Waals surface area contributed by atoms with Crippen molar-refractivity contribution in [2.75, 3.05) is 0 Å². The van der Waals surface area contributed by atoms with E-state index in [1.54, 1.807) is 0 Å². The highest BCUT2D eigenvalue weighted by molar-refractivity contribution is 7.96. The zero-order chi connectivity index (χ0) is 18.2. The van der Waals surface area contributed by atoms with Gasteiger partial charge in [-0.25, -0.2) is 0 Å². The molecule has 142 valence electrons. The number of unbranched alkanes of at least 4 members (excludes halogenated alkanes) is 11. The Morgan fingerprint density at radius 1 is 0.840 bits per heavy atom. The molecule has 0 saturated heterocycles. The van der Waals surface area contributed by atoms with E-state index in [9.17, 15) is 4.79 Å². The van der Waals surface area contributed by atoms with Crippen LogP contribution in [0, 0.1) is 0 Å². The maximum Gasteiger partial charge on any atom is 0.226 e. The highest BCUT2D eigenvalue weighted by atomic mass is 32.1. The Kier molecular flexibility index (Phi) is 13.5. The van der Waals surface area contributed by atoms with Gasteiger partial charge in [-0.05, 0) is 25.0 Å². The van der Waals surface area contributed by atoms with E-state index in [1.165, 1.54) is 70.6 Å². The van der Waals surface area contributed by atoms with Crippen molar-refractivity contribution >= 4 is 17.7 Å². The van der Waals surface area contributed by atoms with Gasteiger partial charge in [-0.15, -0.1) is 12.6 Å². The maximum atomic E-state index is 11.6. The van der Waals surface area contributed by atoms with Gasteiger partial charge in [-0.2, -0.15) is 0 Å². The van der Waals surface area contributed by atoms with Gasteiger partial charge < -0.3 is 4.74 Å². The van der Waals surface area contributed by atoms with Crippen molar-refractivity contribution in [3.8, 4) is 5.75 Å². The zero-order valence-electron chi connectivity index (χ0n) is 15.9. The van der Waals surface area contributed by atoms with Crippen LogP contribution in [0.3, 0.4) is 0 Å². The molecule has 0 radical (unpaired) electrons. The monoisotopic (exact) mass is 364 g/mol. The van der Waals surface area contributed by atoms with Gasteiger partial charge in [0.15, 0.2) is 6.10 Å². The maximum absolute atomic E-state index is 11.6. The first-order valence-electron chi connectivity index (χ1n) is 10.2. The zero-order valence-corrected chi connectivity index (χ0v) is 16.8. The largest absolute Gasteiger partial charge is 0.482 e. The lowest BCUT2D eigenvalue weighted by atomic mass is 10.0. The third kappa shape index (κ3) is 12.1. The van der Waals surface area contributed by atoms with Gasteiger partial charge >= 0.3 is 0 Å². The van der Waals surface area contributed by atoms with Crippen LogP contribution < -0.4 is 4.74 Å². The molecule has 3 heteroatoms. The molecular formula is C22H36O2S. The molecule has 0 amide bonds. The van der Waals surface area contributed by atoms with Gasteiger partial charge in [-0.3, -0.25) is 4.79 Å². The van der Waals surface area contributed by atoms with Gasteiger partial charge in [0.1, 0.15) is 5.75 Å². The van der Waals surface area contributed by atoms with E-state index in [2.05, 4.69) is 19.6 Å². The average Bonchev–Trinajstić information content (AvgIpc) is 2.62. The van der Waals surface area contributed by atoms with E-state index < -0.39 is 6.10 Å². The fourth-order valence-corrected chi connectivity index (χ4v) is 3.25. The molecule has 1 unspecified atom stereocenters. The number of benzene rings is 1. The molecule has 0 aromatic heterocycles. The summed E-state index contributed by atoms with van der Waals surface area (Å²) in [6, 6.07) is 9.53. The minimum Gasteiger partial charge on any atom is -0.482 e. The van der Waals surface area contributed by atoms with E-state index in [-0.39, 0.29) is 5.12 Å². The number of carbonyl (C=O) groups is 1. The molecule has 0 aliphatic rings. The molecule has 0 aliphatic heterocycles. The smallest absolute Gasteiger partial charge is 0.226 e. The molecule has 1 rings (SSSR count). The van der Waals surface area contributed by atoms with Crippen LogP contribution in [0.25, 0.3) is 0 Å². The third-order valence-corrected chi connectivity index (χ3v) is 4.90. The third-order valence-electron chi connectivity index (χ3n) is 4.62. The lowest BCUT2D eigenvalue weighted by Gasteiger charge is -2.15.